The van der Waals surface area contributed by atoms with E-state index in [0.29, 0.717) is 12.3 Å². The Kier molecular flexibility index (Phi) is 2.93. The first-order valence-corrected chi connectivity index (χ1v) is 5.68. The van der Waals surface area contributed by atoms with Crippen LogP contribution in [-0.2, 0) is 11.2 Å². The maximum atomic E-state index is 10.3. The average Bonchev–Trinajstić information content (AvgIpc) is 2.74. The molecule has 0 aliphatic carbocycles. The lowest BCUT2D eigenvalue weighted by Gasteiger charge is -2.06. The molecular weight excluding hydrogens is 196 g/mol. The maximum absolute atomic E-state index is 10.3. The van der Waals surface area contributed by atoms with Gasteiger partial charge in [0.1, 0.15) is 6.29 Å². The minimum atomic E-state index is 0.514. The molecule has 1 atom stereocenters. The molecule has 14 heavy (non-hydrogen) atoms. The van der Waals surface area contributed by atoms with E-state index in [4.69, 9.17) is 0 Å². The monoisotopic (exact) mass is 210 g/mol. The first kappa shape index (κ1) is 9.80. The number of nitrogens with zero attached hydrogens (tertiary/aromatic N) is 2. The van der Waals surface area contributed by atoms with Gasteiger partial charge < -0.3 is 9.69 Å². The predicted octanol–water partition coefficient (Wildman–Crippen LogP) is 1.30. The zero-order valence-electron chi connectivity index (χ0n) is 8.27. The van der Waals surface area contributed by atoms with Gasteiger partial charge in [-0.05, 0) is 20.0 Å². The molecule has 1 aliphatic rings. The molecule has 0 saturated carbocycles. The van der Waals surface area contributed by atoms with Gasteiger partial charge >= 0.3 is 0 Å². The zero-order chi connectivity index (χ0) is 9.97. The van der Waals surface area contributed by atoms with E-state index in [1.54, 1.807) is 11.3 Å². The number of hydrogen-bond donors (Lipinski definition) is 0. The standard InChI is InChI=1S/C10H14N2OS/c1-12-4-2-8(7-12)10-11-6-9(14-10)3-5-13/h5-6,8H,2-4,7H2,1H3. The van der Waals surface area contributed by atoms with E-state index in [1.807, 2.05) is 6.20 Å². The Hall–Kier alpha value is -0.740. The van der Waals surface area contributed by atoms with Crippen LogP contribution in [0.25, 0.3) is 0 Å². The molecule has 1 aromatic rings. The van der Waals surface area contributed by atoms with E-state index >= 15 is 0 Å². The molecule has 4 heteroatoms. The largest absolute Gasteiger partial charge is 0.306 e. The fraction of sp³-hybridized carbons (Fsp3) is 0.600. The highest BCUT2D eigenvalue weighted by Crippen LogP contribution is 2.29. The summed E-state index contributed by atoms with van der Waals surface area (Å²) in [6.45, 7) is 2.27. The van der Waals surface area contributed by atoms with E-state index in [0.717, 1.165) is 24.3 Å². The van der Waals surface area contributed by atoms with Gasteiger partial charge in [-0.1, -0.05) is 0 Å². The van der Waals surface area contributed by atoms with Crippen LogP contribution in [0.1, 0.15) is 22.2 Å². The molecule has 0 bridgehead atoms. The maximum Gasteiger partial charge on any atom is 0.125 e. The fourth-order valence-electron chi connectivity index (χ4n) is 1.82. The Balaban J connectivity index is 2.05. The number of likely N-dealkylation sites (N-methyl/N-ethyl adjacent to an activating group) is 1. The first-order chi connectivity index (χ1) is 6.79. The van der Waals surface area contributed by atoms with Gasteiger partial charge in [0.05, 0.1) is 5.01 Å². The first-order valence-electron chi connectivity index (χ1n) is 4.86. The van der Waals surface area contributed by atoms with Crippen LogP contribution < -0.4 is 0 Å². The molecule has 0 radical (unpaired) electrons. The van der Waals surface area contributed by atoms with Gasteiger partial charge in [-0.2, -0.15) is 0 Å². The quantitative estimate of drug-likeness (QED) is 0.705. The molecular formula is C10H14N2OS. The third-order valence-electron chi connectivity index (χ3n) is 2.60. The summed E-state index contributed by atoms with van der Waals surface area (Å²) in [7, 11) is 2.14. The Morgan fingerprint density at radius 1 is 1.79 bits per heavy atom. The van der Waals surface area contributed by atoms with Crippen molar-refractivity contribution in [2.45, 2.75) is 18.8 Å². The molecule has 1 unspecified atom stereocenters. The summed E-state index contributed by atoms with van der Waals surface area (Å²) >= 11 is 1.69. The molecule has 76 valence electrons. The predicted molar refractivity (Wildman–Crippen MR) is 56.7 cm³/mol. The van der Waals surface area contributed by atoms with Crippen LogP contribution in [0.3, 0.4) is 0 Å². The van der Waals surface area contributed by atoms with Crippen molar-refractivity contribution in [1.29, 1.82) is 0 Å². The lowest BCUT2D eigenvalue weighted by molar-refractivity contribution is -0.107. The summed E-state index contributed by atoms with van der Waals surface area (Å²) in [6, 6.07) is 0. The number of rotatable bonds is 3. The van der Waals surface area contributed by atoms with Crippen LogP contribution >= 0.6 is 11.3 Å². The SMILES string of the molecule is CN1CCC(c2ncc(CC=O)s2)C1. The van der Waals surface area contributed by atoms with Gasteiger partial charge in [-0.25, -0.2) is 4.98 Å². The molecule has 0 aromatic carbocycles. The number of likely N-dealkylation sites (tertiary alicyclic amines) is 1. The van der Waals surface area contributed by atoms with Crippen molar-refractivity contribution in [3.8, 4) is 0 Å². The van der Waals surface area contributed by atoms with Crippen molar-refractivity contribution < 1.29 is 4.79 Å². The van der Waals surface area contributed by atoms with Crippen LogP contribution in [0.15, 0.2) is 6.20 Å². The number of hydrogen-bond acceptors (Lipinski definition) is 4. The number of thiazole rings is 1. The van der Waals surface area contributed by atoms with Crippen LogP contribution in [0.2, 0.25) is 0 Å². The summed E-state index contributed by atoms with van der Waals surface area (Å²) in [6.07, 6.45) is 4.50. The van der Waals surface area contributed by atoms with Gasteiger partial charge in [0, 0.05) is 30.0 Å². The molecule has 0 amide bonds. The summed E-state index contributed by atoms with van der Waals surface area (Å²) in [5.41, 5.74) is 0. The second-order valence-corrected chi connectivity index (χ2v) is 4.93. The zero-order valence-corrected chi connectivity index (χ0v) is 9.09. The van der Waals surface area contributed by atoms with Crippen molar-refractivity contribution in [3.05, 3.63) is 16.1 Å². The second-order valence-electron chi connectivity index (χ2n) is 3.78. The molecule has 0 spiro atoms. The lowest BCUT2D eigenvalue weighted by atomic mass is 10.1. The van der Waals surface area contributed by atoms with E-state index in [1.165, 1.54) is 11.4 Å². The van der Waals surface area contributed by atoms with Gasteiger partial charge in [-0.3, -0.25) is 0 Å². The lowest BCUT2D eigenvalue weighted by Crippen LogP contribution is -2.13. The number of carbonyl (C=O) groups is 1. The highest BCUT2D eigenvalue weighted by Gasteiger charge is 2.23. The van der Waals surface area contributed by atoms with Crippen molar-refractivity contribution in [3.63, 3.8) is 0 Å². The van der Waals surface area contributed by atoms with E-state index in [9.17, 15) is 4.79 Å². The van der Waals surface area contributed by atoms with Gasteiger partial charge in [-0.15, -0.1) is 11.3 Å². The van der Waals surface area contributed by atoms with E-state index in [2.05, 4.69) is 16.9 Å². The van der Waals surface area contributed by atoms with Crippen molar-refractivity contribution >= 4 is 17.6 Å². The second kappa shape index (κ2) is 4.19. The van der Waals surface area contributed by atoms with Crippen LogP contribution in [-0.4, -0.2) is 36.3 Å². The van der Waals surface area contributed by atoms with Crippen LogP contribution in [0.4, 0.5) is 0 Å². The number of carbonyl (C=O) groups excluding carboxylic acids is 1. The molecule has 2 rings (SSSR count). The van der Waals surface area contributed by atoms with Gasteiger partial charge in [0.2, 0.25) is 0 Å². The summed E-state index contributed by atoms with van der Waals surface area (Å²) in [5, 5.41) is 1.20. The van der Waals surface area contributed by atoms with Crippen LogP contribution in [0, 0.1) is 0 Å². The highest BCUT2D eigenvalue weighted by molar-refractivity contribution is 7.11. The molecule has 1 fully saturated rings. The minimum absolute atomic E-state index is 0.514. The molecule has 3 nitrogen and oxygen atoms in total. The van der Waals surface area contributed by atoms with E-state index in [-0.39, 0.29) is 0 Å². The molecule has 1 aromatic heterocycles. The Bertz CT molecular complexity index is 324. The van der Waals surface area contributed by atoms with E-state index < -0.39 is 0 Å². The number of aromatic nitrogens is 1. The van der Waals surface area contributed by atoms with Gasteiger partial charge in [0.15, 0.2) is 0 Å². The molecule has 2 heterocycles. The third kappa shape index (κ3) is 2.01. The third-order valence-corrected chi connectivity index (χ3v) is 3.78. The highest BCUT2D eigenvalue weighted by atomic mass is 32.1. The summed E-state index contributed by atoms with van der Waals surface area (Å²) < 4.78 is 0. The number of aldehydes is 1. The molecule has 0 N–H and O–H groups in total. The van der Waals surface area contributed by atoms with Crippen molar-refractivity contribution in [2.24, 2.45) is 0 Å². The smallest absolute Gasteiger partial charge is 0.125 e. The summed E-state index contributed by atoms with van der Waals surface area (Å²) in [4.78, 5) is 18.1. The summed E-state index contributed by atoms with van der Waals surface area (Å²) in [5.74, 6) is 0.588. The van der Waals surface area contributed by atoms with Crippen molar-refractivity contribution in [2.75, 3.05) is 20.1 Å². The average molecular weight is 210 g/mol. The van der Waals surface area contributed by atoms with Gasteiger partial charge in [0.25, 0.3) is 0 Å². The normalized spacial score (nSPS) is 22.8. The Labute approximate surface area is 87.8 Å². The topological polar surface area (TPSA) is 33.2 Å². The molecule has 1 saturated heterocycles. The minimum Gasteiger partial charge on any atom is -0.306 e. The molecule has 1 aliphatic heterocycles. The fourth-order valence-corrected chi connectivity index (χ4v) is 2.81. The van der Waals surface area contributed by atoms with Crippen molar-refractivity contribution in [1.82, 2.24) is 9.88 Å². The Morgan fingerprint density at radius 2 is 2.64 bits per heavy atom. The Morgan fingerprint density at radius 3 is 3.29 bits per heavy atom. The van der Waals surface area contributed by atoms with Crippen LogP contribution in [0.5, 0.6) is 0 Å².